The van der Waals surface area contributed by atoms with Crippen molar-refractivity contribution in [1.82, 2.24) is 9.47 Å². The fourth-order valence-corrected chi connectivity index (χ4v) is 6.73. The van der Waals surface area contributed by atoms with Crippen LogP contribution in [-0.4, -0.2) is 15.5 Å². The maximum absolute atomic E-state index is 14.4. The van der Waals surface area contributed by atoms with E-state index in [0.717, 1.165) is 29.7 Å². The first-order valence-corrected chi connectivity index (χ1v) is 12.6. The van der Waals surface area contributed by atoms with Crippen LogP contribution in [-0.2, 0) is 19.4 Å². The highest BCUT2D eigenvalue weighted by Crippen LogP contribution is 2.44. The molecule has 0 spiro atoms. The minimum Gasteiger partial charge on any atom is -0.310 e. The van der Waals surface area contributed by atoms with E-state index >= 15 is 0 Å². The van der Waals surface area contributed by atoms with Crippen molar-refractivity contribution in [3.63, 3.8) is 0 Å². The molecule has 1 atom stereocenters. The van der Waals surface area contributed by atoms with Crippen LogP contribution in [0.15, 0.2) is 66.9 Å². The highest BCUT2D eigenvalue weighted by Gasteiger charge is 2.36. The van der Waals surface area contributed by atoms with Crippen molar-refractivity contribution >= 4 is 23.1 Å². The summed E-state index contributed by atoms with van der Waals surface area (Å²) in [4.78, 5) is 17.1. The molecule has 0 fully saturated rings. The van der Waals surface area contributed by atoms with E-state index in [0.29, 0.717) is 6.54 Å². The number of fused-ring (bicyclic) bond motifs is 5. The van der Waals surface area contributed by atoms with Gasteiger partial charge < -0.3 is 14.8 Å². The molecule has 4 nitrogen and oxygen atoms in total. The van der Waals surface area contributed by atoms with Gasteiger partial charge >= 0.3 is 6.03 Å². The molecule has 0 saturated carbocycles. The number of hydrogen-bond acceptors (Lipinski definition) is 2. The number of para-hydroxylation sites is 1. The zero-order chi connectivity index (χ0) is 23.2. The smallest absolute Gasteiger partial charge is 0.310 e. The van der Waals surface area contributed by atoms with Crippen LogP contribution in [0.25, 0.3) is 5.00 Å². The molecule has 6 heteroatoms. The average Bonchev–Trinajstić information content (AvgIpc) is 3.42. The standard InChI is InChI=1S/C28H26FN3OS/c1-18-8-6-9-19(16-18)26-24-13-7-15-31(24)27-21(20-10-2-5-14-25(20)34-27)17-32(26)28(33)30-23-12-4-3-11-22(23)29/h3-4,6-9,11-13,15-16,26H,2,5,10,14,17H2,1H3,(H,30,33). The summed E-state index contributed by atoms with van der Waals surface area (Å²) in [7, 11) is 0. The molecule has 1 aliphatic carbocycles. The van der Waals surface area contributed by atoms with E-state index in [1.165, 1.54) is 39.9 Å². The molecule has 34 heavy (non-hydrogen) atoms. The van der Waals surface area contributed by atoms with Crippen LogP contribution in [0, 0.1) is 12.7 Å². The fraction of sp³-hybridized carbons (Fsp3) is 0.250. The summed E-state index contributed by atoms with van der Waals surface area (Å²) in [5, 5.41) is 4.07. The van der Waals surface area contributed by atoms with Gasteiger partial charge in [0.05, 0.1) is 24.0 Å². The molecule has 0 bridgehead atoms. The summed E-state index contributed by atoms with van der Waals surface area (Å²) in [6, 6.07) is 18.2. The minimum absolute atomic E-state index is 0.197. The highest BCUT2D eigenvalue weighted by molar-refractivity contribution is 7.15. The van der Waals surface area contributed by atoms with Gasteiger partial charge in [0.15, 0.2) is 0 Å². The summed E-state index contributed by atoms with van der Waals surface area (Å²) in [5.41, 5.74) is 6.07. The Bertz CT molecular complexity index is 1390. The summed E-state index contributed by atoms with van der Waals surface area (Å²) >= 11 is 1.86. The first-order valence-electron chi connectivity index (χ1n) is 11.8. The van der Waals surface area contributed by atoms with Crippen LogP contribution in [0.1, 0.15) is 51.7 Å². The molecule has 2 aromatic heterocycles. The lowest BCUT2D eigenvalue weighted by molar-refractivity contribution is 0.194. The Morgan fingerprint density at radius 2 is 1.88 bits per heavy atom. The van der Waals surface area contributed by atoms with Crippen LogP contribution in [0.3, 0.4) is 0 Å². The number of nitrogens with one attached hydrogen (secondary N) is 1. The van der Waals surface area contributed by atoms with Gasteiger partial charge in [0.25, 0.3) is 0 Å². The number of benzene rings is 2. The molecule has 2 aliphatic rings. The van der Waals surface area contributed by atoms with Gasteiger partial charge in [0.2, 0.25) is 0 Å². The molecule has 3 heterocycles. The van der Waals surface area contributed by atoms with Crippen molar-refractivity contribution in [2.75, 3.05) is 5.32 Å². The molecule has 2 aromatic carbocycles. The van der Waals surface area contributed by atoms with E-state index in [4.69, 9.17) is 0 Å². The van der Waals surface area contributed by atoms with Crippen molar-refractivity contribution in [3.05, 3.63) is 106 Å². The van der Waals surface area contributed by atoms with Gasteiger partial charge in [-0.25, -0.2) is 9.18 Å². The van der Waals surface area contributed by atoms with Crippen molar-refractivity contribution in [1.29, 1.82) is 0 Å². The molecule has 1 N–H and O–H groups in total. The zero-order valence-electron chi connectivity index (χ0n) is 19.1. The van der Waals surface area contributed by atoms with E-state index in [-0.39, 0.29) is 17.8 Å². The number of anilines is 1. The Kier molecular flexibility index (Phi) is 5.26. The first-order chi connectivity index (χ1) is 16.6. The summed E-state index contributed by atoms with van der Waals surface area (Å²) in [5.74, 6) is -0.435. The Labute approximate surface area is 202 Å². The summed E-state index contributed by atoms with van der Waals surface area (Å²) < 4.78 is 16.7. The fourth-order valence-electron chi connectivity index (χ4n) is 5.33. The summed E-state index contributed by atoms with van der Waals surface area (Å²) in [6.07, 6.45) is 6.66. The number of aromatic nitrogens is 1. The molecule has 6 rings (SSSR count). The van der Waals surface area contributed by atoms with Crippen LogP contribution < -0.4 is 5.32 Å². The Hall–Kier alpha value is -3.38. The second-order valence-electron chi connectivity index (χ2n) is 9.15. The number of halogens is 1. The third-order valence-electron chi connectivity index (χ3n) is 6.91. The quantitative estimate of drug-likeness (QED) is 0.336. The molecule has 2 amide bonds. The van der Waals surface area contributed by atoms with E-state index in [2.05, 4.69) is 53.3 Å². The third kappa shape index (κ3) is 3.53. The number of thiophene rings is 1. The van der Waals surface area contributed by atoms with Gasteiger partial charge in [-0.2, -0.15) is 0 Å². The third-order valence-corrected chi connectivity index (χ3v) is 8.25. The lowest BCUT2D eigenvalue weighted by Gasteiger charge is -2.31. The Morgan fingerprint density at radius 3 is 2.74 bits per heavy atom. The van der Waals surface area contributed by atoms with Crippen LogP contribution in [0.5, 0.6) is 0 Å². The molecule has 172 valence electrons. The van der Waals surface area contributed by atoms with Crippen LogP contribution in [0.4, 0.5) is 14.9 Å². The molecule has 4 aromatic rings. The predicted molar refractivity (Wildman–Crippen MR) is 134 cm³/mol. The minimum atomic E-state index is -0.435. The molecule has 1 aliphatic heterocycles. The maximum Gasteiger partial charge on any atom is 0.323 e. The highest BCUT2D eigenvalue weighted by atomic mass is 32.1. The average molecular weight is 472 g/mol. The number of urea groups is 1. The van der Waals surface area contributed by atoms with E-state index in [1.807, 2.05) is 22.3 Å². The number of nitrogens with zero attached hydrogens (tertiary/aromatic N) is 2. The normalized spacial score (nSPS) is 16.9. The summed E-state index contributed by atoms with van der Waals surface area (Å²) in [6.45, 7) is 2.55. The lowest BCUT2D eigenvalue weighted by atomic mass is 9.95. The lowest BCUT2D eigenvalue weighted by Crippen LogP contribution is -2.38. The molecule has 1 unspecified atom stereocenters. The van der Waals surface area contributed by atoms with Crippen molar-refractivity contribution in [2.24, 2.45) is 0 Å². The van der Waals surface area contributed by atoms with Gasteiger partial charge in [-0.1, -0.05) is 42.0 Å². The second kappa shape index (κ2) is 8.44. The largest absolute Gasteiger partial charge is 0.323 e. The zero-order valence-corrected chi connectivity index (χ0v) is 19.9. The number of aryl methyl sites for hydroxylation is 2. The number of hydrogen-bond donors (Lipinski definition) is 1. The predicted octanol–water partition coefficient (Wildman–Crippen LogP) is 7.00. The van der Waals surface area contributed by atoms with Crippen LogP contribution >= 0.6 is 11.3 Å². The van der Waals surface area contributed by atoms with Gasteiger partial charge in [-0.05, 0) is 68.0 Å². The number of amides is 2. The molecular formula is C28H26FN3OS. The second-order valence-corrected chi connectivity index (χ2v) is 10.2. The monoisotopic (exact) mass is 471 g/mol. The molecular weight excluding hydrogens is 445 g/mol. The van der Waals surface area contributed by atoms with Gasteiger partial charge in [-0.3, -0.25) is 0 Å². The van der Waals surface area contributed by atoms with Crippen molar-refractivity contribution in [2.45, 2.75) is 45.2 Å². The van der Waals surface area contributed by atoms with E-state index < -0.39 is 5.82 Å². The van der Waals surface area contributed by atoms with Gasteiger partial charge in [0, 0.05) is 16.6 Å². The Morgan fingerprint density at radius 1 is 1.03 bits per heavy atom. The SMILES string of the molecule is Cc1cccc(C2c3cccn3-c3sc4c(c3CN2C(=O)Nc2ccccc2F)CCCC4)c1. The molecule has 0 saturated heterocycles. The number of carbonyl (C=O) groups excluding carboxylic acids is 1. The van der Waals surface area contributed by atoms with Crippen molar-refractivity contribution in [3.8, 4) is 5.00 Å². The number of rotatable bonds is 2. The van der Waals surface area contributed by atoms with Gasteiger partial charge in [0.1, 0.15) is 10.8 Å². The van der Waals surface area contributed by atoms with Crippen molar-refractivity contribution < 1.29 is 9.18 Å². The van der Waals surface area contributed by atoms with Gasteiger partial charge in [-0.15, -0.1) is 11.3 Å². The molecule has 0 radical (unpaired) electrons. The first kappa shape index (κ1) is 21.2. The topological polar surface area (TPSA) is 37.3 Å². The van der Waals surface area contributed by atoms with E-state index in [1.54, 1.807) is 18.2 Å². The number of carbonyl (C=O) groups is 1. The van der Waals surface area contributed by atoms with E-state index in [9.17, 15) is 9.18 Å². The maximum atomic E-state index is 14.4. The van der Waals surface area contributed by atoms with Crippen LogP contribution in [0.2, 0.25) is 0 Å². The Balaban J connectivity index is 1.51.